The Kier molecular flexibility index (Phi) is 1.21. The van der Waals surface area contributed by atoms with E-state index in [1.54, 1.807) is 0 Å². The number of hydrogen-bond donors (Lipinski definition) is 1. The van der Waals surface area contributed by atoms with Crippen LogP contribution in [-0.2, 0) is 0 Å². The van der Waals surface area contributed by atoms with Gasteiger partial charge in [-0.1, -0.05) is 17.2 Å². The third-order valence-corrected chi connectivity index (χ3v) is 2.41. The van der Waals surface area contributed by atoms with Gasteiger partial charge in [-0.3, -0.25) is 0 Å². The van der Waals surface area contributed by atoms with Crippen LogP contribution >= 0.6 is 0 Å². The summed E-state index contributed by atoms with van der Waals surface area (Å²) in [5, 5.41) is 9.27. The molecule has 1 saturated carbocycles. The molecule has 1 fully saturated rings. The van der Waals surface area contributed by atoms with Crippen molar-refractivity contribution >= 4 is 0 Å². The van der Waals surface area contributed by atoms with Gasteiger partial charge in [0, 0.05) is 0 Å². The quantitative estimate of drug-likeness (QED) is 0.582. The maximum atomic E-state index is 9.27. The molecule has 2 rings (SSSR count). The molecule has 0 aromatic heterocycles. The molecule has 0 saturated heterocycles. The zero-order valence-electron chi connectivity index (χ0n) is 6.22. The Morgan fingerprint density at radius 1 is 1.50 bits per heavy atom. The SMILES string of the molecule is CC(O)C1=C2CCC(=C1)C2. The van der Waals surface area contributed by atoms with Gasteiger partial charge < -0.3 is 5.11 Å². The predicted octanol–water partition coefficient (Wildman–Crippen LogP) is 1.79. The van der Waals surface area contributed by atoms with Crippen LogP contribution in [0.1, 0.15) is 26.2 Å². The molecule has 0 aromatic carbocycles. The van der Waals surface area contributed by atoms with Crippen molar-refractivity contribution in [3.05, 3.63) is 22.8 Å². The van der Waals surface area contributed by atoms with E-state index in [0.29, 0.717) is 0 Å². The minimum Gasteiger partial charge on any atom is -0.389 e. The van der Waals surface area contributed by atoms with E-state index in [1.165, 1.54) is 29.6 Å². The van der Waals surface area contributed by atoms with Crippen LogP contribution in [0, 0.1) is 0 Å². The van der Waals surface area contributed by atoms with Crippen molar-refractivity contribution in [3.63, 3.8) is 0 Å². The normalized spacial score (nSPS) is 25.6. The van der Waals surface area contributed by atoms with Gasteiger partial charge in [0.1, 0.15) is 0 Å². The molecule has 0 aromatic rings. The number of allylic oxidation sites excluding steroid dienone is 2. The van der Waals surface area contributed by atoms with Crippen molar-refractivity contribution < 1.29 is 5.11 Å². The van der Waals surface area contributed by atoms with Gasteiger partial charge in [0.25, 0.3) is 0 Å². The maximum Gasteiger partial charge on any atom is 0.0761 e. The molecule has 0 radical (unpaired) electrons. The van der Waals surface area contributed by atoms with Crippen molar-refractivity contribution in [2.45, 2.75) is 32.3 Å². The summed E-state index contributed by atoms with van der Waals surface area (Å²) < 4.78 is 0. The molecule has 54 valence electrons. The molecule has 1 N–H and O–H groups in total. The number of hydrogen-bond acceptors (Lipinski definition) is 1. The largest absolute Gasteiger partial charge is 0.389 e. The fourth-order valence-corrected chi connectivity index (χ4v) is 1.87. The topological polar surface area (TPSA) is 20.2 Å². The van der Waals surface area contributed by atoms with Gasteiger partial charge in [-0.05, 0) is 31.8 Å². The van der Waals surface area contributed by atoms with Gasteiger partial charge in [-0.2, -0.15) is 0 Å². The average Bonchev–Trinajstić information content (AvgIpc) is 2.44. The molecule has 1 atom stereocenters. The van der Waals surface area contributed by atoms with E-state index in [9.17, 15) is 5.11 Å². The molecule has 2 aliphatic carbocycles. The zero-order valence-corrected chi connectivity index (χ0v) is 6.22. The summed E-state index contributed by atoms with van der Waals surface area (Å²) in [4.78, 5) is 0. The van der Waals surface area contributed by atoms with Gasteiger partial charge in [-0.25, -0.2) is 0 Å². The lowest BCUT2D eigenvalue weighted by molar-refractivity contribution is 0.234. The van der Waals surface area contributed by atoms with Crippen LogP contribution in [0.25, 0.3) is 0 Å². The van der Waals surface area contributed by atoms with Crippen molar-refractivity contribution in [1.29, 1.82) is 0 Å². The van der Waals surface area contributed by atoms with Gasteiger partial charge in [0.15, 0.2) is 0 Å². The Hall–Kier alpha value is -0.560. The minimum atomic E-state index is -0.243. The first kappa shape index (κ1) is 6.17. The third kappa shape index (κ3) is 0.739. The van der Waals surface area contributed by atoms with Gasteiger partial charge in [-0.15, -0.1) is 0 Å². The fraction of sp³-hybridized carbons (Fsp3) is 0.556. The number of rotatable bonds is 1. The zero-order chi connectivity index (χ0) is 7.14. The molecule has 0 amide bonds. The monoisotopic (exact) mass is 136 g/mol. The van der Waals surface area contributed by atoms with E-state index in [-0.39, 0.29) is 6.10 Å². The predicted molar refractivity (Wildman–Crippen MR) is 40.6 cm³/mol. The average molecular weight is 136 g/mol. The number of aliphatic hydroxyl groups excluding tert-OH is 1. The summed E-state index contributed by atoms with van der Waals surface area (Å²) in [5.74, 6) is 0. The van der Waals surface area contributed by atoms with Crippen LogP contribution in [0.3, 0.4) is 0 Å². The van der Waals surface area contributed by atoms with E-state index in [0.717, 1.165) is 6.42 Å². The highest BCUT2D eigenvalue weighted by atomic mass is 16.3. The standard InChI is InChI=1S/C9H12O/c1-6(10)9-5-7-2-3-8(9)4-7/h5-6,10H,2-4H2,1H3. The van der Waals surface area contributed by atoms with Gasteiger partial charge >= 0.3 is 0 Å². The second kappa shape index (κ2) is 1.96. The van der Waals surface area contributed by atoms with Gasteiger partial charge in [0.05, 0.1) is 6.10 Å². The summed E-state index contributed by atoms with van der Waals surface area (Å²) >= 11 is 0. The summed E-state index contributed by atoms with van der Waals surface area (Å²) in [5.41, 5.74) is 4.19. The van der Waals surface area contributed by atoms with Crippen LogP contribution in [-0.4, -0.2) is 11.2 Å². The van der Waals surface area contributed by atoms with Crippen molar-refractivity contribution in [2.24, 2.45) is 0 Å². The third-order valence-electron chi connectivity index (χ3n) is 2.41. The van der Waals surface area contributed by atoms with E-state index in [2.05, 4.69) is 6.08 Å². The first-order valence-electron chi connectivity index (χ1n) is 3.87. The lowest BCUT2D eigenvalue weighted by Crippen LogP contribution is -2.03. The van der Waals surface area contributed by atoms with Gasteiger partial charge in [0.2, 0.25) is 0 Å². The maximum absolute atomic E-state index is 9.27. The van der Waals surface area contributed by atoms with Crippen molar-refractivity contribution in [1.82, 2.24) is 0 Å². The Morgan fingerprint density at radius 2 is 2.30 bits per heavy atom. The van der Waals surface area contributed by atoms with E-state index < -0.39 is 0 Å². The van der Waals surface area contributed by atoms with Crippen LogP contribution in [0.5, 0.6) is 0 Å². The molecule has 10 heavy (non-hydrogen) atoms. The second-order valence-corrected chi connectivity index (χ2v) is 3.21. The highest BCUT2D eigenvalue weighted by Crippen LogP contribution is 2.39. The molecular weight excluding hydrogens is 124 g/mol. The van der Waals surface area contributed by atoms with Crippen molar-refractivity contribution in [2.75, 3.05) is 0 Å². The molecule has 1 nitrogen and oxygen atoms in total. The van der Waals surface area contributed by atoms with E-state index in [4.69, 9.17) is 0 Å². The highest BCUT2D eigenvalue weighted by molar-refractivity contribution is 5.45. The Morgan fingerprint density at radius 3 is 2.60 bits per heavy atom. The summed E-state index contributed by atoms with van der Waals surface area (Å²) in [7, 11) is 0. The molecule has 0 spiro atoms. The van der Waals surface area contributed by atoms with Crippen LogP contribution in [0.2, 0.25) is 0 Å². The van der Waals surface area contributed by atoms with Crippen LogP contribution in [0.4, 0.5) is 0 Å². The number of aliphatic hydroxyl groups is 1. The fourth-order valence-electron chi connectivity index (χ4n) is 1.87. The second-order valence-electron chi connectivity index (χ2n) is 3.21. The molecule has 2 bridgehead atoms. The lowest BCUT2D eigenvalue weighted by Gasteiger charge is -2.08. The first-order chi connectivity index (χ1) is 4.77. The molecule has 0 heterocycles. The van der Waals surface area contributed by atoms with E-state index >= 15 is 0 Å². The molecule has 2 aliphatic rings. The van der Waals surface area contributed by atoms with Crippen molar-refractivity contribution in [3.8, 4) is 0 Å². The summed E-state index contributed by atoms with van der Waals surface area (Å²) in [6.45, 7) is 1.85. The van der Waals surface area contributed by atoms with Crippen LogP contribution in [0.15, 0.2) is 22.8 Å². The minimum absolute atomic E-state index is 0.243. The first-order valence-corrected chi connectivity index (χ1v) is 3.87. The van der Waals surface area contributed by atoms with Crippen LogP contribution < -0.4 is 0 Å². The Bertz CT molecular complexity index is 221. The molecule has 1 unspecified atom stereocenters. The Balaban J connectivity index is 2.31. The molecular formula is C9H12O. The smallest absolute Gasteiger partial charge is 0.0761 e. The highest BCUT2D eigenvalue weighted by Gasteiger charge is 2.23. The summed E-state index contributed by atoms with van der Waals surface area (Å²) in [6, 6.07) is 0. The number of fused-ring (bicyclic) bond motifs is 2. The molecule has 0 aliphatic heterocycles. The molecule has 1 heteroatoms. The van der Waals surface area contributed by atoms with E-state index in [1.807, 2.05) is 6.92 Å². The Labute approximate surface area is 61.1 Å². The lowest BCUT2D eigenvalue weighted by atomic mass is 10.0. The summed E-state index contributed by atoms with van der Waals surface area (Å²) in [6.07, 6.45) is 5.52.